The Bertz CT molecular complexity index is 708. The van der Waals surface area contributed by atoms with Crippen LogP contribution in [0.2, 0.25) is 0 Å². The number of carbonyl (C=O) groups is 2. The van der Waals surface area contributed by atoms with Crippen LogP contribution in [-0.2, 0) is 32.7 Å². The zero-order chi connectivity index (χ0) is 29.4. The van der Waals surface area contributed by atoms with Gasteiger partial charge in [0.1, 0.15) is 19.8 Å². The van der Waals surface area contributed by atoms with Gasteiger partial charge < -0.3 is 18.9 Å². The van der Waals surface area contributed by atoms with Crippen LogP contribution in [0.25, 0.3) is 0 Å². The fourth-order valence-electron chi connectivity index (χ4n) is 3.66. The lowest BCUT2D eigenvalue weighted by Gasteiger charge is -2.24. The van der Waals surface area contributed by atoms with Crippen LogP contribution in [0.3, 0.4) is 0 Å². The summed E-state index contributed by atoms with van der Waals surface area (Å²) in [6.45, 7) is 4.19. The van der Waals surface area contributed by atoms with Crippen molar-refractivity contribution in [1.29, 1.82) is 0 Å². The molecule has 230 valence electrons. The van der Waals surface area contributed by atoms with Crippen LogP contribution >= 0.6 is 7.82 Å². The first-order chi connectivity index (χ1) is 18.5. The molecule has 1 unspecified atom stereocenters. The molecule has 0 saturated heterocycles. The molecule has 1 N–H and O–H groups in total. The number of phosphoric acid groups is 1. The van der Waals surface area contributed by atoms with Gasteiger partial charge in [0.05, 0.1) is 27.7 Å². The Labute approximate surface area is 237 Å². The summed E-state index contributed by atoms with van der Waals surface area (Å²) in [5, 5.41) is 0. The van der Waals surface area contributed by atoms with Crippen LogP contribution in [0.15, 0.2) is 12.2 Å². The number of unbranched alkanes of at least 4 members (excludes halogenated alkanes) is 10. The number of phosphoric ester groups is 1. The molecule has 0 amide bonds. The van der Waals surface area contributed by atoms with E-state index in [9.17, 15) is 19.0 Å². The minimum Gasteiger partial charge on any atom is -0.462 e. The van der Waals surface area contributed by atoms with Gasteiger partial charge in [0.2, 0.25) is 0 Å². The maximum Gasteiger partial charge on any atom is 0.472 e. The smallest absolute Gasteiger partial charge is 0.462 e. The van der Waals surface area contributed by atoms with Crippen molar-refractivity contribution < 1.29 is 42.1 Å². The third-order valence-electron chi connectivity index (χ3n) is 6.06. The summed E-state index contributed by atoms with van der Waals surface area (Å²) in [7, 11) is 1.47. The van der Waals surface area contributed by atoms with Crippen LogP contribution in [0, 0.1) is 0 Å². The minimum absolute atomic E-state index is 0.0316. The minimum atomic E-state index is -4.35. The molecule has 0 spiro atoms. The van der Waals surface area contributed by atoms with Gasteiger partial charge in [0, 0.05) is 12.8 Å². The van der Waals surface area contributed by atoms with Crippen molar-refractivity contribution in [2.75, 3.05) is 47.5 Å². The highest BCUT2D eigenvalue weighted by molar-refractivity contribution is 7.47. The fraction of sp³-hybridized carbons (Fsp3) is 0.862. The second-order valence-electron chi connectivity index (χ2n) is 11.1. The molecule has 0 radical (unpaired) electrons. The highest BCUT2D eigenvalue weighted by Crippen LogP contribution is 2.43. The zero-order valence-electron chi connectivity index (χ0n) is 25.4. The molecule has 0 fully saturated rings. The number of hydrogen-bond acceptors (Lipinski definition) is 7. The molecule has 0 rings (SSSR count). The average Bonchev–Trinajstić information content (AvgIpc) is 2.85. The van der Waals surface area contributed by atoms with Gasteiger partial charge in [-0.25, -0.2) is 4.57 Å². The number of allylic oxidation sites excluding steroid dienone is 2. The van der Waals surface area contributed by atoms with E-state index in [-0.39, 0.29) is 32.0 Å². The first-order valence-corrected chi connectivity index (χ1v) is 16.4. The molecule has 0 aromatic rings. The van der Waals surface area contributed by atoms with Crippen molar-refractivity contribution in [3.05, 3.63) is 12.2 Å². The van der Waals surface area contributed by atoms with E-state index in [1.807, 2.05) is 21.1 Å². The molecule has 0 aromatic heterocycles. The molecular weight excluding hydrogens is 521 g/mol. The summed E-state index contributed by atoms with van der Waals surface area (Å²) < 4.78 is 33.7. The highest BCUT2D eigenvalue weighted by atomic mass is 31.2. The number of nitrogens with zero attached hydrogens (tertiary/aromatic N) is 1. The van der Waals surface area contributed by atoms with E-state index >= 15 is 0 Å². The number of likely N-dealkylation sites (N-methyl/N-ethyl adjacent to an activating group) is 1. The number of ether oxygens (including phenoxy) is 2. The number of esters is 2. The lowest BCUT2D eigenvalue weighted by molar-refractivity contribution is -0.870. The van der Waals surface area contributed by atoms with E-state index < -0.39 is 26.5 Å². The summed E-state index contributed by atoms with van der Waals surface area (Å²) in [6.07, 6.45) is 17.3. The Balaban J connectivity index is 4.58. The number of hydrogen-bond donors (Lipinski definition) is 1. The summed E-state index contributed by atoms with van der Waals surface area (Å²) >= 11 is 0. The monoisotopic (exact) mass is 578 g/mol. The standard InChI is InChI=1S/C29H56NO8P/c1-6-8-10-12-14-15-16-18-20-22-29(32)38-27(25-35-28(31)21-19-17-13-11-9-7-2)26-37-39(33,34)36-24-23-30(3,4)5/h8,10,27H,6-7,9,11-26H2,1-5H3/p+1/b10-8+/t27-/m1/s1. The van der Waals surface area contributed by atoms with Crippen molar-refractivity contribution >= 4 is 19.8 Å². The molecule has 0 saturated carbocycles. The van der Waals surface area contributed by atoms with Crippen molar-refractivity contribution in [1.82, 2.24) is 0 Å². The molecule has 0 aromatic carbocycles. The van der Waals surface area contributed by atoms with Gasteiger partial charge in [0.15, 0.2) is 6.10 Å². The largest absolute Gasteiger partial charge is 0.472 e. The molecule has 10 heteroatoms. The predicted octanol–water partition coefficient (Wildman–Crippen LogP) is 6.73. The molecular formula is C29H57NO8P+. The average molecular weight is 579 g/mol. The Kier molecular flexibility index (Phi) is 22.7. The second kappa shape index (κ2) is 23.5. The number of carbonyl (C=O) groups excluding carboxylic acids is 2. The van der Waals surface area contributed by atoms with Gasteiger partial charge >= 0.3 is 19.8 Å². The summed E-state index contributed by atoms with van der Waals surface area (Å²) in [4.78, 5) is 34.6. The van der Waals surface area contributed by atoms with Crippen molar-refractivity contribution in [3.8, 4) is 0 Å². The van der Waals surface area contributed by atoms with E-state index in [1.54, 1.807) is 0 Å². The van der Waals surface area contributed by atoms with Gasteiger partial charge in [0.25, 0.3) is 0 Å². The normalized spacial score (nSPS) is 14.3. The Morgan fingerprint density at radius 2 is 1.38 bits per heavy atom. The van der Waals surface area contributed by atoms with E-state index in [0.29, 0.717) is 17.4 Å². The summed E-state index contributed by atoms with van der Waals surface area (Å²) in [5.41, 5.74) is 0. The Morgan fingerprint density at radius 3 is 2.00 bits per heavy atom. The Hall–Kier alpha value is -1.25. The van der Waals surface area contributed by atoms with Crippen LogP contribution < -0.4 is 0 Å². The highest BCUT2D eigenvalue weighted by Gasteiger charge is 2.27. The van der Waals surface area contributed by atoms with E-state index in [4.69, 9.17) is 18.5 Å². The maximum absolute atomic E-state index is 12.4. The third kappa shape index (κ3) is 26.7. The quantitative estimate of drug-likeness (QED) is 0.0396. The van der Waals surface area contributed by atoms with Gasteiger partial charge in [-0.15, -0.1) is 0 Å². The van der Waals surface area contributed by atoms with E-state index in [1.165, 1.54) is 12.8 Å². The molecule has 2 atom stereocenters. The zero-order valence-corrected chi connectivity index (χ0v) is 26.3. The summed E-state index contributed by atoms with van der Waals surface area (Å²) in [5.74, 6) is -0.827. The summed E-state index contributed by atoms with van der Waals surface area (Å²) in [6, 6.07) is 0. The third-order valence-corrected chi connectivity index (χ3v) is 7.04. The SMILES string of the molecule is CC/C=C/CCCCCCCC(=O)O[C@H](COC(=O)CCCCCCCC)COP(=O)(O)OCC[N+](C)(C)C. The molecule has 0 bridgehead atoms. The first-order valence-electron chi connectivity index (χ1n) is 14.9. The molecule has 0 heterocycles. The van der Waals surface area contributed by atoms with Gasteiger partial charge in [-0.3, -0.25) is 18.6 Å². The molecule has 0 aliphatic heterocycles. The molecule has 39 heavy (non-hydrogen) atoms. The number of rotatable bonds is 26. The Morgan fingerprint density at radius 1 is 0.795 bits per heavy atom. The van der Waals surface area contributed by atoms with Crippen LogP contribution in [0.1, 0.15) is 110 Å². The molecule has 9 nitrogen and oxygen atoms in total. The van der Waals surface area contributed by atoms with Gasteiger partial charge in [-0.05, 0) is 32.1 Å². The lowest BCUT2D eigenvalue weighted by Crippen LogP contribution is -2.37. The molecule has 0 aliphatic rings. The number of quaternary nitrogens is 1. The van der Waals surface area contributed by atoms with Gasteiger partial charge in [-0.1, -0.05) is 77.4 Å². The van der Waals surface area contributed by atoms with Crippen LogP contribution in [0.4, 0.5) is 0 Å². The van der Waals surface area contributed by atoms with E-state index in [2.05, 4.69) is 26.0 Å². The second-order valence-corrected chi connectivity index (χ2v) is 12.6. The maximum atomic E-state index is 12.4. The van der Waals surface area contributed by atoms with Crippen LogP contribution in [-0.4, -0.2) is 74.9 Å². The first kappa shape index (κ1) is 37.8. The van der Waals surface area contributed by atoms with Crippen molar-refractivity contribution in [2.45, 2.75) is 116 Å². The lowest BCUT2D eigenvalue weighted by atomic mass is 10.1. The van der Waals surface area contributed by atoms with Gasteiger partial charge in [-0.2, -0.15) is 0 Å². The predicted molar refractivity (Wildman–Crippen MR) is 155 cm³/mol. The topological polar surface area (TPSA) is 108 Å². The van der Waals surface area contributed by atoms with E-state index in [0.717, 1.165) is 64.2 Å². The van der Waals surface area contributed by atoms with Crippen molar-refractivity contribution in [3.63, 3.8) is 0 Å². The molecule has 0 aliphatic carbocycles. The van der Waals surface area contributed by atoms with Crippen LogP contribution in [0.5, 0.6) is 0 Å². The van der Waals surface area contributed by atoms with Crippen molar-refractivity contribution in [2.24, 2.45) is 0 Å². The fourth-order valence-corrected chi connectivity index (χ4v) is 4.40.